The van der Waals surface area contributed by atoms with Crippen LogP contribution in [0.1, 0.15) is 77.0 Å². The van der Waals surface area contributed by atoms with Crippen molar-refractivity contribution in [2.45, 2.75) is 66.0 Å². The van der Waals surface area contributed by atoms with Crippen molar-refractivity contribution in [2.24, 2.45) is 0 Å². The van der Waals surface area contributed by atoms with Gasteiger partial charge in [0.15, 0.2) is 0 Å². The Morgan fingerprint density at radius 3 is 2.49 bits per heavy atom. The van der Waals surface area contributed by atoms with Gasteiger partial charge in [0.25, 0.3) is 11.5 Å². The fourth-order valence-electron chi connectivity index (χ4n) is 5.96. The summed E-state index contributed by atoms with van der Waals surface area (Å²) < 4.78 is 16.0. The number of piperidine rings is 1. The number of pyridine rings is 1. The van der Waals surface area contributed by atoms with E-state index in [-0.39, 0.29) is 29.9 Å². The molecule has 3 heterocycles. The van der Waals surface area contributed by atoms with Crippen LogP contribution >= 0.6 is 0 Å². The van der Waals surface area contributed by atoms with Gasteiger partial charge in [-0.2, -0.15) is 0 Å². The van der Waals surface area contributed by atoms with Crippen molar-refractivity contribution in [2.75, 3.05) is 18.0 Å². The first-order chi connectivity index (χ1) is 18.6. The molecule has 2 aromatic carbocycles. The number of amides is 1. The first kappa shape index (κ1) is 26.7. The number of benzene rings is 2. The minimum atomic E-state index is -0.194. The van der Waals surface area contributed by atoms with Crippen molar-refractivity contribution in [1.82, 2.24) is 14.9 Å². The van der Waals surface area contributed by atoms with E-state index < -0.39 is 0 Å². The lowest BCUT2D eigenvalue weighted by Crippen LogP contribution is -2.33. The fraction of sp³-hybridized carbons (Fsp3) is 0.375. The molecule has 4 aromatic rings. The molecule has 1 saturated heterocycles. The lowest BCUT2D eigenvalue weighted by molar-refractivity contribution is 0.0952. The van der Waals surface area contributed by atoms with Gasteiger partial charge in [-0.15, -0.1) is 0 Å². The molecule has 0 saturated carbocycles. The summed E-state index contributed by atoms with van der Waals surface area (Å²) in [6, 6.07) is 13.3. The number of aromatic amines is 1. The van der Waals surface area contributed by atoms with Crippen molar-refractivity contribution >= 4 is 22.5 Å². The van der Waals surface area contributed by atoms with Crippen LogP contribution in [-0.4, -0.2) is 28.5 Å². The molecule has 0 spiro atoms. The van der Waals surface area contributed by atoms with Crippen LogP contribution in [0.15, 0.2) is 53.5 Å². The van der Waals surface area contributed by atoms with Crippen molar-refractivity contribution < 1.29 is 9.18 Å². The molecule has 5 rings (SSSR count). The van der Waals surface area contributed by atoms with Gasteiger partial charge in [-0.25, -0.2) is 4.39 Å². The maximum absolute atomic E-state index is 13.8. The van der Waals surface area contributed by atoms with E-state index in [9.17, 15) is 14.0 Å². The highest BCUT2D eigenvalue weighted by molar-refractivity contribution is 6.09. The smallest absolute Gasteiger partial charge is 0.253 e. The van der Waals surface area contributed by atoms with Gasteiger partial charge in [-0.1, -0.05) is 12.1 Å². The molecule has 0 bridgehead atoms. The number of carbonyl (C=O) groups excluding carboxylic acids is 1. The highest BCUT2D eigenvalue weighted by atomic mass is 19.1. The van der Waals surface area contributed by atoms with E-state index in [1.54, 1.807) is 12.1 Å². The summed E-state index contributed by atoms with van der Waals surface area (Å²) >= 11 is 0. The van der Waals surface area contributed by atoms with Gasteiger partial charge in [0.2, 0.25) is 0 Å². The van der Waals surface area contributed by atoms with Gasteiger partial charge in [0.05, 0.1) is 11.1 Å². The third-order valence-electron chi connectivity index (χ3n) is 8.01. The number of aryl methyl sites for hydroxylation is 3. The Kier molecular flexibility index (Phi) is 7.34. The zero-order valence-corrected chi connectivity index (χ0v) is 23.4. The summed E-state index contributed by atoms with van der Waals surface area (Å²) in [5.41, 5.74) is 6.81. The summed E-state index contributed by atoms with van der Waals surface area (Å²) in [5.74, 6) is -0.0646. The molecule has 1 aliphatic heterocycles. The molecular formula is C32H37FN4O2. The average molecular weight is 529 g/mol. The SMILES string of the molecule is Cc1cc(C)c(CNC(=O)c2cc(N3CCC(c4cccc(F)c4)CC3)cc3c2c(C)cn3C(C)C)c(=O)[nH]1. The third-order valence-corrected chi connectivity index (χ3v) is 8.01. The predicted molar refractivity (Wildman–Crippen MR) is 155 cm³/mol. The van der Waals surface area contributed by atoms with E-state index >= 15 is 0 Å². The molecule has 1 fully saturated rings. The number of fused-ring (bicyclic) bond motifs is 1. The van der Waals surface area contributed by atoms with Crippen molar-refractivity contribution in [1.29, 1.82) is 0 Å². The lowest BCUT2D eigenvalue weighted by atomic mass is 9.89. The van der Waals surface area contributed by atoms with Crippen LogP contribution in [0.3, 0.4) is 0 Å². The Hall–Kier alpha value is -3.87. The fourth-order valence-corrected chi connectivity index (χ4v) is 5.96. The van der Waals surface area contributed by atoms with Crippen LogP contribution < -0.4 is 15.8 Å². The van der Waals surface area contributed by atoms with Crippen LogP contribution in [0.5, 0.6) is 0 Å². The predicted octanol–water partition coefficient (Wildman–Crippen LogP) is 6.29. The Morgan fingerprint density at radius 1 is 1.08 bits per heavy atom. The normalized spacial score (nSPS) is 14.4. The van der Waals surface area contributed by atoms with Gasteiger partial charge in [0.1, 0.15) is 5.82 Å². The number of anilines is 1. The van der Waals surface area contributed by atoms with Crippen LogP contribution in [0.2, 0.25) is 0 Å². The van der Waals surface area contributed by atoms with Gasteiger partial charge < -0.3 is 19.8 Å². The van der Waals surface area contributed by atoms with E-state index in [1.807, 2.05) is 39.0 Å². The van der Waals surface area contributed by atoms with E-state index in [0.717, 1.165) is 64.9 Å². The number of aromatic nitrogens is 2. The van der Waals surface area contributed by atoms with E-state index in [2.05, 4.69) is 45.9 Å². The van der Waals surface area contributed by atoms with Crippen LogP contribution in [-0.2, 0) is 6.54 Å². The molecule has 204 valence electrons. The zero-order chi connectivity index (χ0) is 27.8. The minimum absolute atomic E-state index is 0.162. The van der Waals surface area contributed by atoms with Crippen LogP contribution in [0.25, 0.3) is 10.9 Å². The molecule has 6 nitrogen and oxygen atoms in total. The van der Waals surface area contributed by atoms with Gasteiger partial charge in [-0.05, 0) is 100 Å². The molecule has 0 aliphatic carbocycles. The zero-order valence-electron chi connectivity index (χ0n) is 23.4. The Morgan fingerprint density at radius 2 is 1.82 bits per heavy atom. The molecular weight excluding hydrogens is 491 g/mol. The molecule has 0 radical (unpaired) electrons. The number of nitrogens with one attached hydrogen (secondary N) is 2. The number of halogens is 1. The summed E-state index contributed by atoms with van der Waals surface area (Å²) in [6.45, 7) is 11.9. The molecule has 0 unspecified atom stereocenters. The van der Waals surface area contributed by atoms with Gasteiger partial charge in [-0.3, -0.25) is 9.59 Å². The molecule has 1 amide bonds. The quantitative estimate of drug-likeness (QED) is 0.309. The molecule has 39 heavy (non-hydrogen) atoms. The monoisotopic (exact) mass is 528 g/mol. The topological polar surface area (TPSA) is 70.1 Å². The number of hydrogen-bond acceptors (Lipinski definition) is 3. The van der Waals surface area contributed by atoms with Crippen molar-refractivity contribution in [3.05, 3.63) is 98.3 Å². The summed E-state index contributed by atoms with van der Waals surface area (Å²) in [6.07, 6.45) is 3.95. The number of nitrogens with zero attached hydrogens (tertiary/aromatic N) is 2. The second-order valence-corrected chi connectivity index (χ2v) is 11.1. The molecule has 7 heteroatoms. The second kappa shape index (κ2) is 10.7. The first-order valence-corrected chi connectivity index (χ1v) is 13.8. The van der Waals surface area contributed by atoms with E-state index in [0.29, 0.717) is 17.0 Å². The lowest BCUT2D eigenvalue weighted by Gasteiger charge is -2.34. The molecule has 0 atom stereocenters. The van der Waals surface area contributed by atoms with E-state index in [1.165, 1.54) is 6.07 Å². The van der Waals surface area contributed by atoms with Crippen molar-refractivity contribution in [3.8, 4) is 0 Å². The Balaban J connectivity index is 1.46. The Labute approximate surface area is 228 Å². The maximum Gasteiger partial charge on any atom is 0.253 e. The van der Waals surface area contributed by atoms with Crippen molar-refractivity contribution in [3.63, 3.8) is 0 Å². The average Bonchev–Trinajstić information content (AvgIpc) is 3.24. The Bertz CT molecular complexity index is 1590. The van der Waals surface area contributed by atoms with Crippen LogP contribution in [0, 0.1) is 26.6 Å². The third kappa shape index (κ3) is 5.35. The maximum atomic E-state index is 13.8. The number of carbonyl (C=O) groups is 1. The number of hydrogen-bond donors (Lipinski definition) is 2. The number of rotatable bonds is 6. The minimum Gasteiger partial charge on any atom is -0.371 e. The highest BCUT2D eigenvalue weighted by Gasteiger charge is 2.24. The summed E-state index contributed by atoms with van der Waals surface area (Å²) in [5, 5.41) is 3.96. The van der Waals surface area contributed by atoms with E-state index in [4.69, 9.17) is 0 Å². The summed E-state index contributed by atoms with van der Waals surface area (Å²) in [7, 11) is 0. The van der Waals surface area contributed by atoms with Gasteiger partial charge in [0, 0.05) is 54.2 Å². The largest absolute Gasteiger partial charge is 0.371 e. The van der Waals surface area contributed by atoms with Crippen LogP contribution in [0.4, 0.5) is 10.1 Å². The number of H-pyrrole nitrogens is 1. The molecule has 2 N–H and O–H groups in total. The summed E-state index contributed by atoms with van der Waals surface area (Å²) in [4.78, 5) is 31.4. The second-order valence-electron chi connectivity index (χ2n) is 11.1. The molecule has 2 aromatic heterocycles. The van der Waals surface area contributed by atoms with Gasteiger partial charge >= 0.3 is 0 Å². The standard InChI is InChI=1S/C32H37FN4O2/c1-19(2)37-18-21(4)30-27(31(38)34-17-28-20(3)13-22(5)35-32(28)39)15-26(16-29(30)37)36-11-9-23(10-12-36)24-7-6-8-25(33)14-24/h6-8,13-16,18-19,23H,9-12,17H2,1-5H3,(H,34,38)(H,35,39). The first-order valence-electron chi connectivity index (χ1n) is 13.8. The highest BCUT2D eigenvalue weighted by Crippen LogP contribution is 2.35. The molecule has 1 aliphatic rings.